The summed E-state index contributed by atoms with van der Waals surface area (Å²) in [5.41, 5.74) is 3.30. The molecule has 1 aromatic carbocycles. The molecule has 0 amide bonds. The highest BCUT2D eigenvalue weighted by molar-refractivity contribution is 5.59. The molecule has 0 aromatic heterocycles. The molecule has 1 N–H and O–H groups in total. The first-order chi connectivity index (χ1) is 9.28. The highest BCUT2D eigenvalue weighted by Crippen LogP contribution is 2.37. The number of hydrogen-bond donors (Lipinski definition) is 1. The fraction of sp³-hybridized carbons (Fsp3) is 0.625. The minimum atomic E-state index is -0.310. The normalized spacial score (nSPS) is 21.5. The van der Waals surface area contributed by atoms with Gasteiger partial charge in [0.1, 0.15) is 0 Å². The van der Waals surface area contributed by atoms with Crippen LogP contribution < -0.4 is 5.32 Å². The molecule has 20 heavy (non-hydrogen) atoms. The standard InChI is InChI=1S/C16H24N2O2/c1-11-9-15(18(19)20)12(2)8-14(11)17-13-6-5-7-16(3,4)10-13/h8-9,13,17H,5-7,10H2,1-4H3. The maximum absolute atomic E-state index is 10.9. The number of nitro groups is 1. The van der Waals surface area contributed by atoms with Crippen LogP contribution in [0.5, 0.6) is 0 Å². The van der Waals surface area contributed by atoms with Crippen molar-refractivity contribution in [3.63, 3.8) is 0 Å². The highest BCUT2D eigenvalue weighted by atomic mass is 16.6. The fourth-order valence-electron chi connectivity index (χ4n) is 3.19. The zero-order valence-corrected chi connectivity index (χ0v) is 12.8. The van der Waals surface area contributed by atoms with Gasteiger partial charge >= 0.3 is 0 Å². The van der Waals surface area contributed by atoms with E-state index in [-0.39, 0.29) is 10.6 Å². The van der Waals surface area contributed by atoms with Crippen LogP contribution in [0.15, 0.2) is 12.1 Å². The van der Waals surface area contributed by atoms with Crippen LogP contribution in [0, 0.1) is 29.4 Å². The first-order valence-electron chi connectivity index (χ1n) is 7.31. The van der Waals surface area contributed by atoms with Crippen LogP contribution in [0.2, 0.25) is 0 Å². The van der Waals surface area contributed by atoms with E-state index in [4.69, 9.17) is 0 Å². The Labute approximate surface area is 120 Å². The van der Waals surface area contributed by atoms with Crippen LogP contribution in [0.25, 0.3) is 0 Å². The smallest absolute Gasteiger partial charge is 0.272 e. The fourth-order valence-corrected chi connectivity index (χ4v) is 3.19. The summed E-state index contributed by atoms with van der Waals surface area (Å²) in [6.45, 7) is 8.36. The molecule has 1 aromatic rings. The Morgan fingerprint density at radius 2 is 2.00 bits per heavy atom. The lowest BCUT2D eigenvalue weighted by Gasteiger charge is -2.36. The average molecular weight is 276 g/mol. The quantitative estimate of drug-likeness (QED) is 0.648. The van der Waals surface area contributed by atoms with Gasteiger partial charge < -0.3 is 5.32 Å². The second-order valence-electron chi connectivity index (χ2n) is 6.81. The van der Waals surface area contributed by atoms with E-state index < -0.39 is 0 Å². The van der Waals surface area contributed by atoms with E-state index in [9.17, 15) is 10.1 Å². The van der Waals surface area contributed by atoms with Gasteiger partial charge in [-0.3, -0.25) is 10.1 Å². The van der Waals surface area contributed by atoms with Crippen molar-refractivity contribution >= 4 is 11.4 Å². The van der Waals surface area contributed by atoms with Gasteiger partial charge in [-0.05, 0) is 50.2 Å². The molecule has 0 aliphatic heterocycles. The van der Waals surface area contributed by atoms with Crippen LogP contribution in [0.3, 0.4) is 0 Å². The maximum atomic E-state index is 10.9. The van der Waals surface area contributed by atoms with Crippen molar-refractivity contribution in [2.24, 2.45) is 5.41 Å². The minimum absolute atomic E-state index is 0.206. The summed E-state index contributed by atoms with van der Waals surface area (Å²) in [7, 11) is 0. The molecule has 1 unspecified atom stereocenters. The third-order valence-electron chi connectivity index (χ3n) is 4.30. The minimum Gasteiger partial charge on any atom is -0.382 e. The number of nitrogens with one attached hydrogen (secondary N) is 1. The van der Waals surface area contributed by atoms with Gasteiger partial charge in [0.05, 0.1) is 4.92 Å². The van der Waals surface area contributed by atoms with E-state index in [1.807, 2.05) is 13.0 Å². The Hall–Kier alpha value is -1.58. The summed E-state index contributed by atoms with van der Waals surface area (Å²) in [6, 6.07) is 4.05. The van der Waals surface area contributed by atoms with Crippen LogP contribution >= 0.6 is 0 Å². The maximum Gasteiger partial charge on any atom is 0.272 e. The molecule has 0 radical (unpaired) electrons. The highest BCUT2D eigenvalue weighted by Gasteiger charge is 2.28. The molecule has 0 bridgehead atoms. The first kappa shape index (κ1) is 14.8. The summed E-state index contributed by atoms with van der Waals surface area (Å²) < 4.78 is 0. The topological polar surface area (TPSA) is 55.2 Å². The van der Waals surface area contributed by atoms with Crippen molar-refractivity contribution < 1.29 is 4.92 Å². The van der Waals surface area contributed by atoms with Gasteiger partial charge in [-0.2, -0.15) is 0 Å². The second-order valence-corrected chi connectivity index (χ2v) is 6.81. The molecule has 110 valence electrons. The molecule has 1 saturated carbocycles. The number of anilines is 1. The van der Waals surface area contributed by atoms with E-state index in [0.29, 0.717) is 11.5 Å². The van der Waals surface area contributed by atoms with E-state index in [1.54, 1.807) is 13.0 Å². The van der Waals surface area contributed by atoms with Crippen molar-refractivity contribution in [1.82, 2.24) is 0 Å². The van der Waals surface area contributed by atoms with Gasteiger partial charge in [0.25, 0.3) is 5.69 Å². The van der Waals surface area contributed by atoms with Crippen molar-refractivity contribution in [1.29, 1.82) is 0 Å². The molecule has 0 heterocycles. The third kappa shape index (κ3) is 3.30. The molecule has 4 nitrogen and oxygen atoms in total. The molecule has 2 rings (SSSR count). The zero-order valence-electron chi connectivity index (χ0n) is 12.8. The Kier molecular flexibility index (Phi) is 4.02. The van der Waals surface area contributed by atoms with E-state index >= 15 is 0 Å². The van der Waals surface area contributed by atoms with Crippen molar-refractivity contribution in [2.45, 2.75) is 59.4 Å². The van der Waals surface area contributed by atoms with Gasteiger partial charge in [0.2, 0.25) is 0 Å². The molecule has 1 fully saturated rings. The summed E-state index contributed by atoms with van der Waals surface area (Å²) in [4.78, 5) is 10.6. The Morgan fingerprint density at radius 1 is 1.30 bits per heavy atom. The van der Waals surface area contributed by atoms with Crippen LogP contribution in [-0.2, 0) is 0 Å². The molecule has 4 heteroatoms. The molecule has 0 saturated heterocycles. The summed E-state index contributed by atoms with van der Waals surface area (Å²) >= 11 is 0. The van der Waals surface area contributed by atoms with Gasteiger partial charge in [-0.25, -0.2) is 0 Å². The number of rotatable bonds is 3. The molecule has 1 aliphatic rings. The monoisotopic (exact) mass is 276 g/mol. The third-order valence-corrected chi connectivity index (χ3v) is 4.30. The number of benzene rings is 1. The van der Waals surface area contributed by atoms with Gasteiger partial charge in [0.15, 0.2) is 0 Å². The van der Waals surface area contributed by atoms with Gasteiger partial charge in [-0.15, -0.1) is 0 Å². The Morgan fingerprint density at radius 3 is 2.60 bits per heavy atom. The summed E-state index contributed by atoms with van der Waals surface area (Å²) in [5.74, 6) is 0. The van der Waals surface area contributed by atoms with Crippen LogP contribution in [0.1, 0.15) is 50.7 Å². The van der Waals surface area contributed by atoms with E-state index in [0.717, 1.165) is 23.2 Å². The van der Waals surface area contributed by atoms with Gasteiger partial charge in [0, 0.05) is 23.4 Å². The number of aryl methyl sites for hydroxylation is 2. The predicted octanol–water partition coefficient (Wildman–Crippen LogP) is 4.59. The van der Waals surface area contributed by atoms with Crippen molar-refractivity contribution in [3.05, 3.63) is 33.4 Å². The second kappa shape index (κ2) is 5.43. The van der Waals surface area contributed by atoms with Crippen molar-refractivity contribution in [2.75, 3.05) is 5.32 Å². The lowest BCUT2D eigenvalue weighted by Crippen LogP contribution is -2.32. The first-order valence-corrected chi connectivity index (χ1v) is 7.31. The number of nitrogens with zero attached hydrogens (tertiary/aromatic N) is 1. The Bertz CT molecular complexity index is 523. The van der Waals surface area contributed by atoms with Crippen LogP contribution in [0.4, 0.5) is 11.4 Å². The predicted molar refractivity (Wildman–Crippen MR) is 82.2 cm³/mol. The Balaban J connectivity index is 2.18. The number of nitro benzene ring substituents is 1. The van der Waals surface area contributed by atoms with Gasteiger partial charge in [-0.1, -0.05) is 20.3 Å². The summed E-state index contributed by atoms with van der Waals surface area (Å²) in [6.07, 6.45) is 4.86. The zero-order chi connectivity index (χ0) is 14.9. The molecule has 1 atom stereocenters. The lowest BCUT2D eigenvalue weighted by atomic mass is 9.75. The molecule has 1 aliphatic carbocycles. The average Bonchev–Trinajstić information content (AvgIpc) is 2.31. The van der Waals surface area contributed by atoms with Crippen molar-refractivity contribution in [3.8, 4) is 0 Å². The largest absolute Gasteiger partial charge is 0.382 e. The lowest BCUT2D eigenvalue weighted by molar-refractivity contribution is -0.385. The number of hydrogen-bond acceptors (Lipinski definition) is 3. The van der Waals surface area contributed by atoms with E-state index in [2.05, 4.69) is 19.2 Å². The molecular weight excluding hydrogens is 252 g/mol. The molecule has 0 spiro atoms. The summed E-state index contributed by atoms with van der Waals surface area (Å²) in [5, 5.41) is 14.5. The molecular formula is C16H24N2O2. The van der Waals surface area contributed by atoms with E-state index in [1.165, 1.54) is 19.3 Å². The van der Waals surface area contributed by atoms with Crippen LogP contribution in [-0.4, -0.2) is 11.0 Å². The SMILES string of the molecule is Cc1cc([N+](=O)[O-])c(C)cc1NC1CCCC(C)(C)C1.